The maximum absolute atomic E-state index is 14.6. The molecule has 0 fully saturated rings. The van der Waals surface area contributed by atoms with Crippen LogP contribution in [0.25, 0.3) is 22.0 Å². The van der Waals surface area contributed by atoms with Crippen molar-refractivity contribution in [1.29, 1.82) is 0 Å². The Bertz CT molecular complexity index is 1380. The van der Waals surface area contributed by atoms with E-state index in [2.05, 4.69) is 23.4 Å². The number of pyridine rings is 1. The first-order chi connectivity index (χ1) is 15.5. The summed E-state index contributed by atoms with van der Waals surface area (Å²) < 4.78 is 55.3. The van der Waals surface area contributed by atoms with Crippen molar-refractivity contribution in [3.8, 4) is 23.1 Å². The molecule has 5 heteroatoms. The summed E-state index contributed by atoms with van der Waals surface area (Å²) in [6, 6.07) is 13.6. The van der Waals surface area contributed by atoms with Crippen LogP contribution in [0, 0.1) is 35.1 Å². The van der Waals surface area contributed by atoms with Crippen molar-refractivity contribution in [3.05, 3.63) is 113 Å². The molecular formula is C27H17F4N. The van der Waals surface area contributed by atoms with Gasteiger partial charge in [-0.15, -0.1) is 6.58 Å². The summed E-state index contributed by atoms with van der Waals surface area (Å²) >= 11 is 0. The van der Waals surface area contributed by atoms with Crippen LogP contribution in [0.2, 0.25) is 0 Å². The molecule has 0 amide bonds. The molecule has 32 heavy (non-hydrogen) atoms. The second-order valence-corrected chi connectivity index (χ2v) is 7.25. The third kappa shape index (κ3) is 4.40. The predicted molar refractivity (Wildman–Crippen MR) is 118 cm³/mol. The molecule has 158 valence electrons. The van der Waals surface area contributed by atoms with Crippen molar-refractivity contribution in [1.82, 2.24) is 4.98 Å². The summed E-state index contributed by atoms with van der Waals surface area (Å²) in [4.78, 5) is 4.39. The highest BCUT2D eigenvalue weighted by Gasteiger charge is 2.13. The van der Waals surface area contributed by atoms with Crippen LogP contribution in [0.15, 0.2) is 73.4 Å². The summed E-state index contributed by atoms with van der Waals surface area (Å²) in [7, 11) is 0. The van der Waals surface area contributed by atoms with Crippen molar-refractivity contribution in [2.45, 2.75) is 12.8 Å². The first-order valence-electron chi connectivity index (χ1n) is 9.91. The van der Waals surface area contributed by atoms with Crippen LogP contribution in [-0.2, 0) is 6.42 Å². The van der Waals surface area contributed by atoms with Crippen LogP contribution in [0.3, 0.4) is 0 Å². The van der Waals surface area contributed by atoms with Gasteiger partial charge in [-0.2, -0.15) is 0 Å². The van der Waals surface area contributed by atoms with Gasteiger partial charge < -0.3 is 0 Å². The lowest BCUT2D eigenvalue weighted by Gasteiger charge is -2.04. The fourth-order valence-electron chi connectivity index (χ4n) is 3.31. The lowest BCUT2D eigenvalue weighted by atomic mass is 10.0. The Morgan fingerprint density at radius 2 is 1.69 bits per heavy atom. The number of fused-ring (bicyclic) bond motifs is 1. The topological polar surface area (TPSA) is 12.9 Å². The van der Waals surface area contributed by atoms with Crippen LogP contribution in [0.4, 0.5) is 17.6 Å². The Balaban J connectivity index is 1.59. The van der Waals surface area contributed by atoms with Gasteiger partial charge in [-0.05, 0) is 60.2 Å². The fraction of sp³-hybridized carbons (Fsp3) is 0.0741. The molecule has 0 atom stereocenters. The van der Waals surface area contributed by atoms with Crippen molar-refractivity contribution in [2.24, 2.45) is 0 Å². The zero-order valence-electron chi connectivity index (χ0n) is 16.9. The van der Waals surface area contributed by atoms with E-state index in [9.17, 15) is 17.6 Å². The largest absolute Gasteiger partial charge is 0.256 e. The summed E-state index contributed by atoms with van der Waals surface area (Å²) in [5, 5.41) is 0.125. The van der Waals surface area contributed by atoms with E-state index < -0.39 is 23.3 Å². The Kier molecular flexibility index (Phi) is 6.04. The summed E-state index contributed by atoms with van der Waals surface area (Å²) in [6.45, 7) is 3.70. The molecule has 0 bridgehead atoms. The summed E-state index contributed by atoms with van der Waals surface area (Å²) in [5.74, 6) is 0.968. The Morgan fingerprint density at radius 1 is 0.844 bits per heavy atom. The lowest BCUT2D eigenvalue weighted by Crippen LogP contribution is -1.92. The molecular weight excluding hydrogens is 414 g/mol. The Morgan fingerprint density at radius 3 is 2.41 bits per heavy atom. The minimum absolute atomic E-state index is 0.0482. The van der Waals surface area contributed by atoms with Crippen LogP contribution >= 0.6 is 0 Å². The Hall–Kier alpha value is -3.91. The first-order valence-corrected chi connectivity index (χ1v) is 9.91. The minimum atomic E-state index is -1.51. The van der Waals surface area contributed by atoms with Crippen molar-refractivity contribution in [2.75, 3.05) is 0 Å². The average molecular weight is 431 g/mol. The van der Waals surface area contributed by atoms with Gasteiger partial charge in [0.1, 0.15) is 5.82 Å². The number of halogens is 4. The van der Waals surface area contributed by atoms with Gasteiger partial charge in [0.15, 0.2) is 17.5 Å². The quantitative estimate of drug-likeness (QED) is 0.147. The maximum atomic E-state index is 14.6. The molecule has 4 aromatic rings. The van der Waals surface area contributed by atoms with Crippen LogP contribution in [-0.4, -0.2) is 4.98 Å². The van der Waals surface area contributed by atoms with Crippen LogP contribution in [0.1, 0.15) is 23.1 Å². The molecule has 0 saturated heterocycles. The number of hydrogen-bond acceptors (Lipinski definition) is 1. The molecule has 0 aliphatic carbocycles. The molecule has 1 nitrogen and oxygen atoms in total. The standard InChI is InChI=1S/C27H17F4N/c1-2-3-4-18-7-12-25(32-16-18)20-10-9-19(23(28)14-20)8-5-17-6-11-22-21(13-17)15-24(29)27(31)26(22)30/h2,6-7,9-16H,1,3-4H2. The molecule has 1 aromatic heterocycles. The molecule has 0 unspecified atom stereocenters. The second-order valence-electron chi connectivity index (χ2n) is 7.25. The van der Waals surface area contributed by atoms with E-state index in [1.807, 2.05) is 18.2 Å². The van der Waals surface area contributed by atoms with Crippen LogP contribution in [0.5, 0.6) is 0 Å². The number of allylic oxidation sites excluding steroid dienone is 1. The van der Waals surface area contributed by atoms with E-state index >= 15 is 0 Å². The molecule has 0 radical (unpaired) electrons. The van der Waals surface area contributed by atoms with Crippen LogP contribution < -0.4 is 0 Å². The monoisotopic (exact) mass is 431 g/mol. The average Bonchev–Trinajstić information content (AvgIpc) is 2.80. The molecule has 0 N–H and O–H groups in total. The van der Waals surface area contributed by atoms with Crippen molar-refractivity contribution < 1.29 is 17.6 Å². The van der Waals surface area contributed by atoms with Gasteiger partial charge in [0, 0.05) is 22.7 Å². The van der Waals surface area contributed by atoms with Gasteiger partial charge >= 0.3 is 0 Å². The van der Waals surface area contributed by atoms with E-state index in [-0.39, 0.29) is 16.3 Å². The number of benzene rings is 3. The molecule has 0 aliphatic rings. The Labute approximate surface area is 183 Å². The third-order valence-electron chi connectivity index (χ3n) is 5.04. The van der Waals surface area contributed by atoms with Gasteiger partial charge in [0.05, 0.1) is 11.3 Å². The smallest absolute Gasteiger partial charge is 0.195 e. The molecule has 4 rings (SSSR count). The van der Waals surface area contributed by atoms with Gasteiger partial charge in [-0.3, -0.25) is 4.98 Å². The SMILES string of the molecule is C=CCCc1ccc(-c2ccc(C#Cc3ccc4c(F)c(F)c(F)cc4c3)c(F)c2)nc1. The molecule has 0 aliphatic heterocycles. The zero-order chi connectivity index (χ0) is 22.7. The highest BCUT2D eigenvalue weighted by Crippen LogP contribution is 2.24. The van der Waals surface area contributed by atoms with E-state index in [0.29, 0.717) is 16.8 Å². The number of aryl methyl sites for hydroxylation is 1. The zero-order valence-corrected chi connectivity index (χ0v) is 16.9. The van der Waals surface area contributed by atoms with Gasteiger partial charge in [-0.1, -0.05) is 36.1 Å². The maximum Gasteiger partial charge on any atom is 0.195 e. The fourth-order valence-corrected chi connectivity index (χ4v) is 3.31. The number of nitrogens with zero attached hydrogens (tertiary/aromatic N) is 1. The minimum Gasteiger partial charge on any atom is -0.256 e. The first kappa shape index (κ1) is 21.3. The number of aromatic nitrogens is 1. The molecule has 0 saturated carbocycles. The second kappa shape index (κ2) is 9.07. The van der Waals surface area contributed by atoms with Gasteiger partial charge in [-0.25, -0.2) is 17.6 Å². The van der Waals surface area contributed by atoms with E-state index in [1.165, 1.54) is 24.3 Å². The highest BCUT2D eigenvalue weighted by atomic mass is 19.2. The van der Waals surface area contributed by atoms with Gasteiger partial charge in [0.2, 0.25) is 0 Å². The highest BCUT2D eigenvalue weighted by molar-refractivity contribution is 5.84. The van der Waals surface area contributed by atoms with E-state index in [4.69, 9.17) is 0 Å². The van der Waals surface area contributed by atoms with Crippen molar-refractivity contribution in [3.63, 3.8) is 0 Å². The molecule has 1 heterocycles. The van der Waals surface area contributed by atoms with E-state index in [0.717, 1.165) is 24.5 Å². The number of rotatable bonds is 4. The summed E-state index contributed by atoms with van der Waals surface area (Å²) in [5.41, 5.74) is 2.95. The number of hydrogen-bond donors (Lipinski definition) is 0. The van der Waals surface area contributed by atoms with Gasteiger partial charge in [0.25, 0.3) is 0 Å². The van der Waals surface area contributed by atoms with E-state index in [1.54, 1.807) is 18.3 Å². The molecule has 0 spiro atoms. The van der Waals surface area contributed by atoms with Crippen molar-refractivity contribution >= 4 is 10.8 Å². The normalized spacial score (nSPS) is 10.6. The molecule has 3 aromatic carbocycles. The third-order valence-corrected chi connectivity index (χ3v) is 5.04. The predicted octanol–water partition coefficient (Wildman–Crippen LogP) is 6.98. The summed E-state index contributed by atoms with van der Waals surface area (Å²) in [6.07, 6.45) is 5.32. The lowest BCUT2D eigenvalue weighted by molar-refractivity contribution is 0.453.